The normalized spacial score (nSPS) is 18.5. The predicted molar refractivity (Wildman–Crippen MR) is 124 cm³/mol. The lowest BCUT2D eigenvalue weighted by Gasteiger charge is -2.36. The van der Waals surface area contributed by atoms with Crippen LogP contribution in [0.5, 0.6) is 0 Å². The highest BCUT2D eigenvalue weighted by Gasteiger charge is 2.19. The number of piperazine rings is 1. The van der Waals surface area contributed by atoms with Crippen molar-refractivity contribution >= 4 is 11.8 Å². The highest BCUT2D eigenvalue weighted by Crippen LogP contribution is 2.18. The number of benzene rings is 1. The summed E-state index contributed by atoms with van der Waals surface area (Å²) in [6, 6.07) is 15.1. The van der Waals surface area contributed by atoms with Gasteiger partial charge in [-0.3, -0.25) is 9.89 Å². The van der Waals surface area contributed by atoms with E-state index >= 15 is 0 Å². The number of anilines is 1. The topological polar surface area (TPSA) is 47.0 Å². The maximum Gasteiger partial charge on any atom is 0.194 e. The second kappa shape index (κ2) is 10.4. The lowest BCUT2D eigenvalue weighted by Crippen LogP contribution is -2.52. The van der Waals surface area contributed by atoms with Crippen molar-refractivity contribution in [3.05, 3.63) is 59.8 Å². The van der Waals surface area contributed by atoms with E-state index in [0.29, 0.717) is 0 Å². The van der Waals surface area contributed by atoms with Crippen molar-refractivity contribution in [1.29, 1.82) is 0 Å². The molecule has 2 aliphatic heterocycles. The Hall–Kier alpha value is -2.60. The van der Waals surface area contributed by atoms with Gasteiger partial charge in [0.25, 0.3) is 0 Å². The van der Waals surface area contributed by atoms with Crippen LogP contribution in [0, 0.1) is 0 Å². The maximum absolute atomic E-state index is 4.59. The number of piperidine rings is 1. The molecule has 0 atom stereocenters. The molecule has 160 valence electrons. The molecule has 6 nitrogen and oxygen atoms in total. The molecule has 2 aromatic rings. The van der Waals surface area contributed by atoms with Crippen molar-refractivity contribution in [2.45, 2.75) is 32.4 Å². The quantitative estimate of drug-likeness (QED) is 0.611. The summed E-state index contributed by atoms with van der Waals surface area (Å²) in [5.41, 5.74) is 2.64. The van der Waals surface area contributed by atoms with E-state index in [1.807, 2.05) is 13.2 Å². The first-order valence-electron chi connectivity index (χ1n) is 11.2. The SMILES string of the molecule is CN=C(NCc1ccnc(N2CCCCC2)c1)N1CCN(Cc2ccccc2)CC1. The van der Waals surface area contributed by atoms with E-state index in [1.165, 1.54) is 30.4 Å². The molecule has 2 fully saturated rings. The molecular weight excluding hydrogens is 372 g/mol. The van der Waals surface area contributed by atoms with Crippen molar-refractivity contribution in [3.63, 3.8) is 0 Å². The van der Waals surface area contributed by atoms with Crippen LogP contribution in [0.15, 0.2) is 53.7 Å². The summed E-state index contributed by atoms with van der Waals surface area (Å²) in [5, 5.41) is 3.56. The number of nitrogens with zero attached hydrogens (tertiary/aromatic N) is 5. The number of rotatable bonds is 5. The van der Waals surface area contributed by atoms with Crippen LogP contribution in [0.25, 0.3) is 0 Å². The summed E-state index contributed by atoms with van der Waals surface area (Å²) >= 11 is 0. The minimum Gasteiger partial charge on any atom is -0.357 e. The zero-order chi connectivity index (χ0) is 20.6. The van der Waals surface area contributed by atoms with Gasteiger partial charge in [0.1, 0.15) is 5.82 Å². The number of pyridine rings is 1. The lowest BCUT2D eigenvalue weighted by molar-refractivity contribution is 0.172. The first kappa shape index (κ1) is 20.7. The monoisotopic (exact) mass is 406 g/mol. The minimum absolute atomic E-state index is 0.778. The van der Waals surface area contributed by atoms with E-state index in [2.05, 4.69) is 72.5 Å². The van der Waals surface area contributed by atoms with Crippen LogP contribution in [0.2, 0.25) is 0 Å². The Morgan fingerprint density at radius 3 is 2.43 bits per heavy atom. The molecule has 6 heteroatoms. The molecule has 0 spiro atoms. The van der Waals surface area contributed by atoms with Crippen molar-refractivity contribution < 1.29 is 0 Å². The van der Waals surface area contributed by atoms with Gasteiger partial charge in [0, 0.05) is 65.6 Å². The fourth-order valence-electron chi connectivity index (χ4n) is 4.34. The first-order valence-corrected chi connectivity index (χ1v) is 11.2. The Labute approximate surface area is 180 Å². The Bertz CT molecular complexity index is 807. The molecule has 1 aromatic heterocycles. The van der Waals surface area contributed by atoms with E-state index in [4.69, 9.17) is 0 Å². The highest BCUT2D eigenvalue weighted by molar-refractivity contribution is 5.80. The summed E-state index contributed by atoms with van der Waals surface area (Å²) < 4.78 is 0. The molecule has 4 rings (SSSR count). The summed E-state index contributed by atoms with van der Waals surface area (Å²) in [6.07, 6.45) is 5.82. The smallest absolute Gasteiger partial charge is 0.194 e. The van der Waals surface area contributed by atoms with Gasteiger partial charge in [-0.25, -0.2) is 4.98 Å². The molecule has 0 aliphatic carbocycles. The summed E-state index contributed by atoms with van der Waals surface area (Å²) in [4.78, 5) is 16.4. The van der Waals surface area contributed by atoms with Crippen molar-refractivity contribution in [1.82, 2.24) is 20.1 Å². The third-order valence-corrected chi connectivity index (χ3v) is 6.07. The number of hydrogen-bond acceptors (Lipinski definition) is 4. The predicted octanol–water partition coefficient (Wildman–Crippen LogP) is 2.97. The van der Waals surface area contributed by atoms with Crippen LogP contribution in [-0.4, -0.2) is 67.1 Å². The van der Waals surface area contributed by atoms with Crippen LogP contribution in [-0.2, 0) is 13.1 Å². The number of hydrogen-bond donors (Lipinski definition) is 1. The average molecular weight is 407 g/mol. The van der Waals surface area contributed by atoms with E-state index in [1.54, 1.807) is 0 Å². The molecule has 0 unspecified atom stereocenters. The second-order valence-electron chi connectivity index (χ2n) is 8.22. The van der Waals surface area contributed by atoms with Gasteiger partial charge in [0.2, 0.25) is 0 Å². The van der Waals surface area contributed by atoms with Crippen LogP contribution in [0.4, 0.5) is 5.82 Å². The molecule has 3 heterocycles. The standard InChI is InChI=1S/C24H34N6/c1-25-24(30-16-14-28(15-17-30)20-21-8-4-2-5-9-21)27-19-22-10-11-26-23(18-22)29-12-6-3-7-13-29/h2,4-5,8-11,18H,3,6-7,12-17,19-20H2,1H3,(H,25,27). The molecule has 0 bridgehead atoms. The van der Waals surface area contributed by atoms with Gasteiger partial charge in [-0.05, 0) is 42.5 Å². The zero-order valence-electron chi connectivity index (χ0n) is 18.1. The highest BCUT2D eigenvalue weighted by atomic mass is 15.3. The van der Waals surface area contributed by atoms with Gasteiger partial charge in [-0.1, -0.05) is 30.3 Å². The molecule has 1 N–H and O–H groups in total. The Morgan fingerprint density at radius 1 is 0.933 bits per heavy atom. The van der Waals surface area contributed by atoms with E-state index in [0.717, 1.165) is 64.1 Å². The van der Waals surface area contributed by atoms with E-state index in [9.17, 15) is 0 Å². The fraction of sp³-hybridized carbons (Fsp3) is 0.500. The molecular formula is C24H34N6. The summed E-state index contributed by atoms with van der Waals surface area (Å²) in [6.45, 7) is 8.17. The van der Waals surface area contributed by atoms with Crippen LogP contribution >= 0.6 is 0 Å². The average Bonchev–Trinajstić information content (AvgIpc) is 2.82. The molecule has 0 amide bonds. The number of aliphatic imine (C=N–C) groups is 1. The maximum atomic E-state index is 4.59. The van der Waals surface area contributed by atoms with Gasteiger partial charge in [0.15, 0.2) is 5.96 Å². The van der Waals surface area contributed by atoms with Gasteiger partial charge in [-0.2, -0.15) is 0 Å². The Kier molecular flexibility index (Phi) is 7.19. The van der Waals surface area contributed by atoms with Gasteiger partial charge < -0.3 is 15.1 Å². The van der Waals surface area contributed by atoms with Crippen molar-refractivity contribution in [2.75, 3.05) is 51.2 Å². The Morgan fingerprint density at radius 2 is 1.70 bits per heavy atom. The largest absolute Gasteiger partial charge is 0.357 e. The molecule has 2 saturated heterocycles. The van der Waals surface area contributed by atoms with Gasteiger partial charge in [0.05, 0.1) is 0 Å². The number of guanidine groups is 1. The second-order valence-corrected chi connectivity index (χ2v) is 8.22. The minimum atomic E-state index is 0.778. The molecule has 2 aliphatic rings. The molecule has 30 heavy (non-hydrogen) atoms. The van der Waals surface area contributed by atoms with Crippen LogP contribution in [0.3, 0.4) is 0 Å². The Balaban J connectivity index is 1.27. The zero-order valence-corrected chi connectivity index (χ0v) is 18.1. The van der Waals surface area contributed by atoms with Crippen LogP contribution < -0.4 is 10.2 Å². The lowest BCUT2D eigenvalue weighted by atomic mass is 10.1. The summed E-state index contributed by atoms with van der Waals surface area (Å²) in [7, 11) is 1.88. The fourth-order valence-corrected chi connectivity index (χ4v) is 4.34. The molecule has 0 radical (unpaired) electrons. The van der Waals surface area contributed by atoms with E-state index in [-0.39, 0.29) is 0 Å². The molecule has 0 saturated carbocycles. The summed E-state index contributed by atoms with van der Waals surface area (Å²) in [5.74, 6) is 2.10. The van der Waals surface area contributed by atoms with Gasteiger partial charge in [-0.15, -0.1) is 0 Å². The van der Waals surface area contributed by atoms with Crippen LogP contribution in [0.1, 0.15) is 30.4 Å². The molecule has 1 aromatic carbocycles. The number of nitrogens with one attached hydrogen (secondary N) is 1. The third-order valence-electron chi connectivity index (χ3n) is 6.07. The first-order chi connectivity index (χ1) is 14.8. The third kappa shape index (κ3) is 5.51. The van der Waals surface area contributed by atoms with Gasteiger partial charge >= 0.3 is 0 Å². The van der Waals surface area contributed by atoms with Crippen molar-refractivity contribution in [2.24, 2.45) is 4.99 Å². The number of aromatic nitrogens is 1. The van der Waals surface area contributed by atoms with Crippen molar-refractivity contribution in [3.8, 4) is 0 Å². The van der Waals surface area contributed by atoms with E-state index < -0.39 is 0 Å².